The van der Waals surface area contributed by atoms with Gasteiger partial charge in [0.05, 0.1) is 0 Å². The summed E-state index contributed by atoms with van der Waals surface area (Å²) in [5.74, 6) is 0. The summed E-state index contributed by atoms with van der Waals surface area (Å²) in [5, 5.41) is 9.23. The molecule has 0 heterocycles. The van der Waals surface area contributed by atoms with Gasteiger partial charge in [-0.3, -0.25) is 0 Å². The summed E-state index contributed by atoms with van der Waals surface area (Å²) in [5.41, 5.74) is 0. The van der Waals surface area contributed by atoms with Crippen LogP contribution in [-0.2, 0) is 0 Å². The van der Waals surface area contributed by atoms with Crippen LogP contribution in [0, 0.1) is 0 Å². The normalized spacial score (nSPS) is 12.4. The Hall–Kier alpha value is -3.82. The van der Waals surface area contributed by atoms with Crippen LogP contribution in [0.5, 0.6) is 0 Å². The predicted molar refractivity (Wildman–Crippen MR) is 234 cm³/mol. The molecule has 0 nitrogen and oxygen atoms in total. The predicted octanol–water partition coefficient (Wildman–Crippen LogP) is 10.7. The van der Waals surface area contributed by atoms with E-state index in [1.54, 1.807) is 0 Å². The zero-order valence-electron chi connectivity index (χ0n) is 30.5. The zero-order valence-corrected chi connectivity index (χ0v) is 32.5. The number of hydrogen-bond donors (Lipinski definition) is 0. The molecule has 0 aliphatic heterocycles. The van der Waals surface area contributed by atoms with Crippen molar-refractivity contribution in [3.63, 3.8) is 0 Å². The molecule has 0 saturated carbocycles. The first-order chi connectivity index (χ1) is 25.3. The monoisotopic (exact) mass is 708 g/mol. The molecule has 6 aromatic carbocycles. The number of unbranched alkanes of at least 4 members (excludes halogenated alkanes) is 10. The molecule has 0 unspecified atom stereocenters. The molecule has 51 heavy (non-hydrogen) atoms. The van der Waals surface area contributed by atoms with Gasteiger partial charge in [0.1, 0.15) is 0 Å². The van der Waals surface area contributed by atoms with E-state index in [1.165, 1.54) is 115 Å². The summed E-state index contributed by atoms with van der Waals surface area (Å²) in [6.07, 6.45) is 17.4. The third-order valence-electron chi connectivity index (χ3n) is 11.2. The van der Waals surface area contributed by atoms with Crippen molar-refractivity contribution < 1.29 is 0 Å². The van der Waals surface area contributed by atoms with Crippen LogP contribution in [0.3, 0.4) is 0 Å². The second-order valence-electron chi connectivity index (χ2n) is 14.4. The summed E-state index contributed by atoms with van der Waals surface area (Å²) in [4.78, 5) is 0. The van der Waals surface area contributed by atoms with Crippen molar-refractivity contribution in [2.75, 3.05) is 12.3 Å². The average Bonchev–Trinajstić information content (AvgIpc) is 3.22. The topological polar surface area (TPSA) is 0 Å². The van der Waals surface area contributed by atoms with E-state index in [9.17, 15) is 0 Å². The summed E-state index contributed by atoms with van der Waals surface area (Å²) in [6.45, 7) is 0. The van der Waals surface area contributed by atoms with Gasteiger partial charge >= 0.3 is 311 Å². The third-order valence-corrected chi connectivity index (χ3v) is 21.3. The minimum atomic E-state index is -2.09. The third kappa shape index (κ3) is 9.35. The molecule has 0 aliphatic carbocycles. The fourth-order valence-electron chi connectivity index (χ4n) is 8.57. The van der Waals surface area contributed by atoms with Gasteiger partial charge in [-0.15, -0.1) is 0 Å². The van der Waals surface area contributed by atoms with Gasteiger partial charge in [0.25, 0.3) is 0 Å². The summed E-state index contributed by atoms with van der Waals surface area (Å²) in [6, 6.07) is 68.4. The van der Waals surface area contributed by atoms with Crippen molar-refractivity contribution >= 4 is 46.4 Å². The standard InChI is InChI=1S/C49H58P2/c1(2-4-6-8-28-42-50(44-30-16-10-17-31-44,45-32-18-11-19-33-45)46-34-20-12-21-35-46)3-5-7-9-29-43-51(47-36-22-13-23-37-47,48-38-24-14-25-39-48)49-40-26-15-27-41-49/h10-27,30-41,50-51H,1-9,28-29,42-43H2. The van der Waals surface area contributed by atoms with E-state index in [2.05, 4.69) is 182 Å². The molecule has 0 atom stereocenters. The van der Waals surface area contributed by atoms with Crippen LogP contribution in [0.15, 0.2) is 182 Å². The Morgan fingerprint density at radius 2 is 0.353 bits per heavy atom. The molecule has 6 rings (SSSR count). The van der Waals surface area contributed by atoms with E-state index in [4.69, 9.17) is 0 Å². The number of hydrogen-bond acceptors (Lipinski definition) is 0. The molecular weight excluding hydrogens is 650 g/mol. The summed E-state index contributed by atoms with van der Waals surface area (Å²) in [7, 11) is -4.18. The molecular formula is C49H58P2. The number of rotatable bonds is 20. The van der Waals surface area contributed by atoms with E-state index in [0.29, 0.717) is 0 Å². The van der Waals surface area contributed by atoms with Crippen LogP contribution in [0.2, 0.25) is 0 Å². The first kappa shape index (κ1) is 37.0. The van der Waals surface area contributed by atoms with Gasteiger partial charge < -0.3 is 0 Å². The molecule has 0 radical (unpaired) electrons. The van der Waals surface area contributed by atoms with Crippen molar-refractivity contribution in [3.8, 4) is 0 Å². The molecule has 0 spiro atoms. The van der Waals surface area contributed by atoms with Crippen LogP contribution in [0.1, 0.15) is 70.6 Å². The molecule has 0 amide bonds. The van der Waals surface area contributed by atoms with Crippen molar-refractivity contribution in [2.45, 2.75) is 70.6 Å². The molecule has 0 aromatic heterocycles. The second kappa shape index (κ2) is 19.7. The zero-order chi connectivity index (χ0) is 34.9. The van der Waals surface area contributed by atoms with E-state index in [0.717, 1.165) is 0 Å². The summed E-state index contributed by atoms with van der Waals surface area (Å²) < 4.78 is 0. The Bertz CT molecular complexity index is 1460. The first-order valence-electron chi connectivity index (χ1n) is 19.7. The fraction of sp³-hybridized carbons (Fsp3) is 0.265. The van der Waals surface area contributed by atoms with Gasteiger partial charge in [0.2, 0.25) is 0 Å². The Morgan fingerprint density at radius 3 is 0.529 bits per heavy atom. The second-order valence-corrected chi connectivity index (χ2v) is 22.5. The molecule has 0 bridgehead atoms. The van der Waals surface area contributed by atoms with Crippen molar-refractivity contribution in [1.29, 1.82) is 0 Å². The van der Waals surface area contributed by atoms with Gasteiger partial charge in [0.15, 0.2) is 0 Å². The number of benzene rings is 6. The summed E-state index contributed by atoms with van der Waals surface area (Å²) >= 11 is 0. The Balaban J connectivity index is 0.953. The minimum absolute atomic E-state index is 1.27. The van der Waals surface area contributed by atoms with Crippen LogP contribution in [0.25, 0.3) is 0 Å². The molecule has 0 aliphatic rings. The van der Waals surface area contributed by atoms with Crippen LogP contribution < -0.4 is 31.8 Å². The van der Waals surface area contributed by atoms with Crippen molar-refractivity contribution in [2.24, 2.45) is 0 Å². The fourth-order valence-corrected chi connectivity index (χ4v) is 18.4. The molecule has 6 aromatic rings. The Morgan fingerprint density at radius 1 is 0.196 bits per heavy atom. The van der Waals surface area contributed by atoms with Gasteiger partial charge in [0, 0.05) is 0 Å². The van der Waals surface area contributed by atoms with E-state index in [-0.39, 0.29) is 0 Å². The van der Waals surface area contributed by atoms with Gasteiger partial charge in [-0.1, -0.05) is 0 Å². The molecule has 0 fully saturated rings. The first-order valence-corrected chi connectivity index (χ1v) is 24.1. The van der Waals surface area contributed by atoms with Crippen LogP contribution in [0.4, 0.5) is 0 Å². The average molecular weight is 709 g/mol. The van der Waals surface area contributed by atoms with Crippen LogP contribution in [-0.4, -0.2) is 12.3 Å². The van der Waals surface area contributed by atoms with Crippen molar-refractivity contribution in [1.82, 2.24) is 0 Å². The Labute approximate surface area is 310 Å². The molecule has 2 heteroatoms. The van der Waals surface area contributed by atoms with Gasteiger partial charge in [-0.05, 0) is 0 Å². The van der Waals surface area contributed by atoms with Gasteiger partial charge in [-0.25, -0.2) is 0 Å². The van der Waals surface area contributed by atoms with E-state index < -0.39 is 14.5 Å². The van der Waals surface area contributed by atoms with E-state index in [1.807, 2.05) is 0 Å². The molecule has 0 saturated heterocycles. The molecule has 0 N–H and O–H groups in total. The van der Waals surface area contributed by atoms with Crippen molar-refractivity contribution in [3.05, 3.63) is 182 Å². The van der Waals surface area contributed by atoms with E-state index >= 15 is 0 Å². The quantitative estimate of drug-likeness (QED) is 0.0547. The molecule has 264 valence electrons. The van der Waals surface area contributed by atoms with Gasteiger partial charge in [-0.2, -0.15) is 0 Å². The maximum atomic E-state index is 2.39. The van der Waals surface area contributed by atoms with Crippen LogP contribution >= 0.6 is 14.5 Å². The maximum absolute atomic E-state index is 2.39. The SMILES string of the molecule is c1ccc([PH](CCCCCCCCCCCCC[PH](c2ccccc2)(c2ccccc2)c2ccccc2)(c2ccccc2)c2ccccc2)cc1. The Kier molecular flexibility index (Phi) is 14.3.